The van der Waals surface area contributed by atoms with E-state index in [-0.39, 0.29) is 0 Å². The molecule has 0 bridgehead atoms. The van der Waals surface area contributed by atoms with Gasteiger partial charge in [0.25, 0.3) is 5.91 Å². The molecule has 6 heteroatoms. The molecule has 1 amide bonds. The number of aromatic nitrogens is 2. The second kappa shape index (κ2) is 8.17. The Hall–Kier alpha value is -2.63. The first kappa shape index (κ1) is 20.1. The van der Waals surface area contributed by atoms with Gasteiger partial charge < -0.3 is 15.4 Å². The van der Waals surface area contributed by atoms with Crippen LogP contribution in [0.25, 0.3) is 11.3 Å². The number of nitrogens with two attached hydrogens (primary N) is 1. The van der Waals surface area contributed by atoms with Gasteiger partial charge in [-0.15, -0.1) is 0 Å². The molecule has 3 heterocycles. The molecule has 3 rings (SSSR count). The van der Waals surface area contributed by atoms with Crippen molar-refractivity contribution in [3.8, 4) is 17.1 Å². The van der Waals surface area contributed by atoms with E-state index in [2.05, 4.69) is 37.6 Å². The summed E-state index contributed by atoms with van der Waals surface area (Å²) in [7, 11) is 0. The van der Waals surface area contributed by atoms with E-state index >= 15 is 0 Å². The number of rotatable bonds is 6. The molecule has 1 aliphatic rings. The number of aryl methyl sites for hydroxylation is 1. The summed E-state index contributed by atoms with van der Waals surface area (Å²) in [5.41, 5.74) is 8.65. The number of carbonyl (C=O) groups is 1. The first-order valence-electron chi connectivity index (χ1n) is 9.98. The van der Waals surface area contributed by atoms with Crippen LogP contribution in [-0.4, -0.2) is 34.6 Å². The maximum absolute atomic E-state index is 12.0. The smallest absolute Gasteiger partial charge is 0.252 e. The number of anilines is 1. The average Bonchev–Trinajstić information content (AvgIpc) is 2.97. The fourth-order valence-electron chi connectivity index (χ4n) is 3.74. The van der Waals surface area contributed by atoms with Gasteiger partial charge in [0.2, 0.25) is 5.88 Å². The molecule has 150 valence electrons. The molecule has 0 unspecified atom stereocenters. The molecule has 28 heavy (non-hydrogen) atoms. The van der Waals surface area contributed by atoms with Crippen molar-refractivity contribution < 1.29 is 9.53 Å². The summed E-state index contributed by atoms with van der Waals surface area (Å²) < 4.78 is 5.72. The summed E-state index contributed by atoms with van der Waals surface area (Å²) in [6.07, 6.45) is 2.15. The SMILES string of the molecule is Cc1nc(OCC(C)C)ccc1-c1ccc(C(N)=O)c(N2[C@H](C)CC[C@@H]2C)n1. The van der Waals surface area contributed by atoms with Crippen LogP contribution in [-0.2, 0) is 0 Å². The minimum Gasteiger partial charge on any atom is -0.477 e. The van der Waals surface area contributed by atoms with E-state index in [9.17, 15) is 4.79 Å². The number of pyridine rings is 2. The predicted octanol–water partition coefficient (Wildman–Crippen LogP) is 3.96. The van der Waals surface area contributed by atoms with Gasteiger partial charge in [-0.1, -0.05) is 13.8 Å². The lowest BCUT2D eigenvalue weighted by Gasteiger charge is -2.29. The van der Waals surface area contributed by atoms with Crippen LogP contribution in [0.15, 0.2) is 24.3 Å². The lowest BCUT2D eigenvalue weighted by Crippen LogP contribution is -2.35. The summed E-state index contributed by atoms with van der Waals surface area (Å²) in [5, 5.41) is 0. The molecule has 0 saturated carbocycles. The normalized spacial score (nSPS) is 19.3. The molecule has 2 atom stereocenters. The minimum absolute atomic E-state index is 0.321. The average molecular weight is 383 g/mol. The van der Waals surface area contributed by atoms with Crippen molar-refractivity contribution in [3.05, 3.63) is 35.5 Å². The van der Waals surface area contributed by atoms with Crippen molar-refractivity contribution in [2.45, 2.75) is 59.5 Å². The Morgan fingerprint density at radius 2 is 1.86 bits per heavy atom. The summed E-state index contributed by atoms with van der Waals surface area (Å²) in [6.45, 7) is 11.1. The highest BCUT2D eigenvalue weighted by atomic mass is 16.5. The number of hydrogen-bond donors (Lipinski definition) is 1. The zero-order valence-corrected chi connectivity index (χ0v) is 17.4. The molecular weight excluding hydrogens is 352 g/mol. The molecular formula is C22H30N4O2. The topological polar surface area (TPSA) is 81.3 Å². The standard InChI is InChI=1S/C22H30N4O2/c1-13(2)12-28-20-11-9-17(16(5)24-20)19-10-8-18(21(23)27)22(25-19)26-14(3)6-7-15(26)4/h8-11,13-15H,6-7,12H2,1-5H3,(H2,23,27)/t14-,15+. The van der Waals surface area contributed by atoms with Gasteiger partial charge in [0.1, 0.15) is 5.82 Å². The van der Waals surface area contributed by atoms with E-state index in [1.165, 1.54) is 0 Å². The number of carbonyl (C=O) groups excluding carboxylic acids is 1. The summed E-state index contributed by atoms with van der Waals surface area (Å²) in [6, 6.07) is 8.11. The molecule has 0 aromatic carbocycles. The van der Waals surface area contributed by atoms with E-state index in [0.29, 0.717) is 41.9 Å². The van der Waals surface area contributed by atoms with Crippen molar-refractivity contribution in [2.75, 3.05) is 11.5 Å². The van der Waals surface area contributed by atoms with Crippen LogP contribution in [0, 0.1) is 12.8 Å². The maximum Gasteiger partial charge on any atom is 0.252 e. The second-order valence-electron chi connectivity index (χ2n) is 8.10. The zero-order valence-electron chi connectivity index (χ0n) is 17.4. The van der Waals surface area contributed by atoms with Crippen molar-refractivity contribution in [3.63, 3.8) is 0 Å². The summed E-state index contributed by atoms with van der Waals surface area (Å²) in [5.74, 6) is 1.28. The summed E-state index contributed by atoms with van der Waals surface area (Å²) >= 11 is 0. The molecule has 1 fully saturated rings. The highest BCUT2D eigenvalue weighted by Crippen LogP contribution is 2.33. The quantitative estimate of drug-likeness (QED) is 0.818. The van der Waals surface area contributed by atoms with Gasteiger partial charge in [0, 0.05) is 23.7 Å². The Labute approximate surface area is 167 Å². The van der Waals surface area contributed by atoms with Crippen LogP contribution < -0.4 is 15.4 Å². The van der Waals surface area contributed by atoms with Crippen LogP contribution in [0.1, 0.15) is 56.6 Å². The number of hydrogen-bond acceptors (Lipinski definition) is 5. The monoisotopic (exact) mass is 382 g/mol. The van der Waals surface area contributed by atoms with Crippen LogP contribution >= 0.6 is 0 Å². The van der Waals surface area contributed by atoms with E-state index in [0.717, 1.165) is 29.8 Å². The Kier molecular flexibility index (Phi) is 5.87. The molecule has 2 aromatic heterocycles. The molecule has 0 aliphatic carbocycles. The van der Waals surface area contributed by atoms with Gasteiger partial charge in [-0.3, -0.25) is 4.79 Å². The third-order valence-corrected chi connectivity index (χ3v) is 5.24. The molecule has 2 N–H and O–H groups in total. The maximum atomic E-state index is 12.0. The van der Waals surface area contributed by atoms with E-state index < -0.39 is 5.91 Å². The van der Waals surface area contributed by atoms with E-state index in [1.807, 2.05) is 25.1 Å². The molecule has 0 radical (unpaired) electrons. The van der Waals surface area contributed by atoms with E-state index in [1.54, 1.807) is 6.07 Å². The lowest BCUT2D eigenvalue weighted by molar-refractivity contribution is 0.100. The first-order valence-corrected chi connectivity index (χ1v) is 9.98. The molecule has 1 saturated heterocycles. The van der Waals surface area contributed by atoms with Crippen molar-refractivity contribution in [1.82, 2.24) is 9.97 Å². The van der Waals surface area contributed by atoms with Gasteiger partial charge in [0.05, 0.1) is 23.6 Å². The largest absolute Gasteiger partial charge is 0.477 e. The molecule has 6 nitrogen and oxygen atoms in total. The predicted molar refractivity (Wildman–Crippen MR) is 112 cm³/mol. The van der Waals surface area contributed by atoms with Crippen molar-refractivity contribution >= 4 is 11.7 Å². The first-order chi connectivity index (χ1) is 13.3. The van der Waals surface area contributed by atoms with Crippen LogP contribution in [0.3, 0.4) is 0 Å². The number of amides is 1. The van der Waals surface area contributed by atoms with E-state index in [4.69, 9.17) is 15.5 Å². The Morgan fingerprint density at radius 3 is 2.43 bits per heavy atom. The van der Waals surface area contributed by atoms with Gasteiger partial charge >= 0.3 is 0 Å². The Bertz CT molecular complexity index is 856. The van der Waals surface area contributed by atoms with Gasteiger partial charge in [-0.25, -0.2) is 9.97 Å². The molecule has 0 spiro atoms. The van der Waals surface area contributed by atoms with Gasteiger partial charge in [-0.2, -0.15) is 0 Å². The number of ether oxygens (including phenoxy) is 1. The van der Waals surface area contributed by atoms with Gasteiger partial charge in [0.15, 0.2) is 0 Å². The number of primary amides is 1. The fourth-order valence-corrected chi connectivity index (χ4v) is 3.74. The van der Waals surface area contributed by atoms with Crippen molar-refractivity contribution in [1.29, 1.82) is 0 Å². The summed E-state index contributed by atoms with van der Waals surface area (Å²) in [4.78, 5) is 23.6. The van der Waals surface area contributed by atoms with Gasteiger partial charge in [-0.05, 0) is 57.7 Å². The highest BCUT2D eigenvalue weighted by molar-refractivity contribution is 5.98. The van der Waals surface area contributed by atoms with Crippen LogP contribution in [0.5, 0.6) is 5.88 Å². The van der Waals surface area contributed by atoms with Crippen LogP contribution in [0.2, 0.25) is 0 Å². The zero-order chi connectivity index (χ0) is 20.4. The van der Waals surface area contributed by atoms with Crippen molar-refractivity contribution in [2.24, 2.45) is 11.7 Å². The Morgan fingerprint density at radius 1 is 1.18 bits per heavy atom. The number of nitrogens with zero attached hydrogens (tertiary/aromatic N) is 3. The highest BCUT2D eigenvalue weighted by Gasteiger charge is 2.31. The fraction of sp³-hybridized carbons (Fsp3) is 0.500. The molecule has 1 aliphatic heterocycles. The Balaban J connectivity index is 1.99. The second-order valence-corrected chi connectivity index (χ2v) is 8.10. The third-order valence-electron chi connectivity index (χ3n) is 5.24. The van der Waals surface area contributed by atoms with Crippen LogP contribution in [0.4, 0.5) is 5.82 Å². The third kappa shape index (κ3) is 4.11. The molecule has 2 aromatic rings. The lowest BCUT2D eigenvalue weighted by atomic mass is 10.1. The minimum atomic E-state index is -0.451.